The van der Waals surface area contributed by atoms with Gasteiger partial charge in [-0.15, -0.1) is 0 Å². The van der Waals surface area contributed by atoms with Gasteiger partial charge in [-0.1, -0.05) is 27.7 Å². The molecule has 2 aliphatic rings. The van der Waals surface area contributed by atoms with Gasteiger partial charge in [-0.2, -0.15) is 0 Å². The van der Waals surface area contributed by atoms with E-state index in [1.54, 1.807) is 6.20 Å². The highest BCUT2D eigenvalue weighted by Crippen LogP contribution is 2.30. The van der Waals surface area contributed by atoms with Gasteiger partial charge in [0.05, 0.1) is 18.8 Å². The van der Waals surface area contributed by atoms with Crippen LogP contribution in [0.25, 0.3) is 0 Å². The van der Waals surface area contributed by atoms with Crippen molar-refractivity contribution in [2.24, 2.45) is 0 Å². The van der Waals surface area contributed by atoms with Crippen LogP contribution < -0.4 is 4.90 Å². The van der Waals surface area contributed by atoms with E-state index in [-0.39, 0.29) is 13.1 Å². The topological polar surface area (TPSA) is 32.3 Å². The molecule has 0 aliphatic carbocycles. The molecule has 1 saturated heterocycles. The molecule has 6 heteroatoms. The van der Waals surface area contributed by atoms with Gasteiger partial charge in [0.2, 0.25) is 5.95 Å². The minimum Gasteiger partial charge on any atom is -0.329 e. The summed E-state index contributed by atoms with van der Waals surface area (Å²) in [4.78, 5) is 12.1. The summed E-state index contributed by atoms with van der Waals surface area (Å²) >= 11 is 0. The Morgan fingerprint density at radius 3 is 2.25 bits per heavy atom. The number of fused-ring (bicyclic) bond motifs is 1. The van der Waals surface area contributed by atoms with Crippen LogP contribution in [0, 0.1) is 0 Å². The number of hydrogen-bond acceptors (Lipinski definition) is 4. The molecule has 0 aromatic carbocycles. The fraction of sp³-hybridized carbons (Fsp3) is 0.714. The molecule has 0 unspecified atom stereocenters. The zero-order valence-electron chi connectivity index (χ0n) is 13.0. The second kappa shape index (κ2) is 6.92. The van der Waals surface area contributed by atoms with Gasteiger partial charge in [0.15, 0.2) is 0 Å². The van der Waals surface area contributed by atoms with Crippen molar-refractivity contribution in [2.45, 2.75) is 46.7 Å². The number of nitrogens with zero attached hydrogens (tertiary/aromatic N) is 4. The number of aromatic nitrogens is 2. The van der Waals surface area contributed by atoms with Crippen LogP contribution in [-0.2, 0) is 13.1 Å². The summed E-state index contributed by atoms with van der Waals surface area (Å²) in [7, 11) is 2.00. The van der Waals surface area contributed by atoms with E-state index in [9.17, 15) is 8.78 Å². The van der Waals surface area contributed by atoms with Gasteiger partial charge in [-0.25, -0.2) is 18.7 Å². The average molecular weight is 286 g/mol. The Labute approximate surface area is 119 Å². The maximum absolute atomic E-state index is 12.7. The summed E-state index contributed by atoms with van der Waals surface area (Å²) in [5.41, 5.74) is 2.06. The first-order chi connectivity index (χ1) is 9.53. The smallest absolute Gasteiger partial charge is 0.282 e. The molecule has 3 rings (SSSR count). The molecule has 0 spiro atoms. The zero-order chi connectivity index (χ0) is 15.3. The van der Waals surface area contributed by atoms with Crippen LogP contribution in [0.15, 0.2) is 6.20 Å². The Kier molecular flexibility index (Phi) is 5.80. The second-order valence-electron chi connectivity index (χ2n) is 4.53. The highest BCUT2D eigenvalue weighted by molar-refractivity contribution is 5.39. The van der Waals surface area contributed by atoms with Crippen molar-refractivity contribution in [1.82, 2.24) is 14.9 Å². The molecular weight excluding hydrogens is 262 g/mol. The van der Waals surface area contributed by atoms with E-state index < -0.39 is 5.92 Å². The molecule has 1 aromatic heterocycles. The molecule has 0 radical (unpaired) electrons. The van der Waals surface area contributed by atoms with E-state index in [0.29, 0.717) is 5.95 Å². The van der Waals surface area contributed by atoms with Crippen LogP contribution in [0.3, 0.4) is 0 Å². The van der Waals surface area contributed by atoms with E-state index in [2.05, 4.69) is 14.9 Å². The molecule has 0 N–H and O–H groups in total. The monoisotopic (exact) mass is 286 g/mol. The summed E-state index contributed by atoms with van der Waals surface area (Å²) in [6.07, 6.45) is 1.75. The van der Waals surface area contributed by atoms with E-state index in [4.69, 9.17) is 0 Å². The fourth-order valence-corrected chi connectivity index (χ4v) is 2.11. The number of anilines is 1. The van der Waals surface area contributed by atoms with Crippen LogP contribution >= 0.6 is 0 Å². The lowest BCUT2D eigenvalue weighted by molar-refractivity contribution is -0.0272. The molecule has 1 fully saturated rings. The molecule has 4 nitrogen and oxygen atoms in total. The van der Waals surface area contributed by atoms with Gasteiger partial charge in [0, 0.05) is 24.8 Å². The van der Waals surface area contributed by atoms with Crippen molar-refractivity contribution in [3.63, 3.8) is 0 Å². The third-order valence-corrected chi connectivity index (χ3v) is 2.93. The normalized spacial score (nSPS) is 19.1. The van der Waals surface area contributed by atoms with Crippen molar-refractivity contribution in [3.8, 4) is 0 Å². The molecule has 1 aromatic rings. The Bertz CT molecular complexity index is 429. The first-order valence-corrected chi connectivity index (χ1v) is 7.20. The van der Waals surface area contributed by atoms with Crippen molar-refractivity contribution >= 4 is 5.95 Å². The largest absolute Gasteiger partial charge is 0.329 e. The lowest BCUT2D eigenvalue weighted by atomic mass is 10.1. The lowest BCUT2D eigenvalue weighted by Crippen LogP contribution is -2.57. The lowest BCUT2D eigenvalue weighted by Gasteiger charge is -2.38. The highest BCUT2D eigenvalue weighted by atomic mass is 19.3. The zero-order valence-corrected chi connectivity index (χ0v) is 13.0. The average Bonchev–Trinajstić information content (AvgIpc) is 2.79. The van der Waals surface area contributed by atoms with Gasteiger partial charge in [0.1, 0.15) is 0 Å². The first kappa shape index (κ1) is 16.8. The SMILES string of the molecule is CC.CC.CN1Cc2cnc(N3CC(F)(F)C3)nc2C1. The summed E-state index contributed by atoms with van der Waals surface area (Å²) in [6, 6.07) is 0. The molecule has 0 atom stereocenters. The first-order valence-electron chi connectivity index (χ1n) is 7.20. The van der Waals surface area contributed by atoms with Crippen LogP contribution in [0.1, 0.15) is 39.0 Å². The van der Waals surface area contributed by atoms with Crippen LogP contribution in [0.4, 0.5) is 14.7 Å². The molecule has 0 saturated carbocycles. The number of halogens is 2. The highest BCUT2D eigenvalue weighted by Gasteiger charge is 2.45. The van der Waals surface area contributed by atoms with E-state index in [0.717, 1.165) is 24.3 Å². The summed E-state index contributed by atoms with van der Waals surface area (Å²) < 4.78 is 25.4. The molecule has 20 heavy (non-hydrogen) atoms. The number of hydrogen-bond donors (Lipinski definition) is 0. The summed E-state index contributed by atoms with van der Waals surface area (Å²) in [6.45, 7) is 9.09. The van der Waals surface area contributed by atoms with E-state index in [1.807, 2.05) is 34.7 Å². The Morgan fingerprint density at radius 1 is 1.10 bits per heavy atom. The third kappa shape index (κ3) is 3.62. The Morgan fingerprint density at radius 2 is 1.70 bits per heavy atom. The van der Waals surface area contributed by atoms with Gasteiger partial charge in [0.25, 0.3) is 5.92 Å². The standard InChI is InChI=1S/C10H12F2N4.2C2H6/c1-15-3-7-2-13-9(14-8(7)4-15)16-5-10(11,12)6-16;2*1-2/h2H,3-6H2,1H3;2*1-2H3. The summed E-state index contributed by atoms with van der Waals surface area (Å²) in [5.74, 6) is -2.14. The maximum Gasteiger partial charge on any atom is 0.282 e. The van der Waals surface area contributed by atoms with E-state index in [1.165, 1.54) is 4.90 Å². The maximum atomic E-state index is 12.7. The van der Waals surface area contributed by atoms with Crippen molar-refractivity contribution in [2.75, 3.05) is 25.0 Å². The van der Waals surface area contributed by atoms with Crippen molar-refractivity contribution in [1.29, 1.82) is 0 Å². The molecule has 0 bridgehead atoms. The summed E-state index contributed by atoms with van der Waals surface area (Å²) in [5, 5.41) is 0. The third-order valence-electron chi connectivity index (χ3n) is 2.93. The van der Waals surface area contributed by atoms with Gasteiger partial charge in [-0.05, 0) is 7.05 Å². The van der Waals surface area contributed by atoms with Gasteiger partial charge < -0.3 is 4.90 Å². The quantitative estimate of drug-likeness (QED) is 0.794. The Balaban J connectivity index is 0.000000461. The molecule has 2 aliphatic heterocycles. The van der Waals surface area contributed by atoms with E-state index >= 15 is 0 Å². The van der Waals surface area contributed by atoms with Crippen LogP contribution in [0.2, 0.25) is 0 Å². The molecule has 3 heterocycles. The molecule has 114 valence electrons. The van der Waals surface area contributed by atoms with Gasteiger partial charge >= 0.3 is 0 Å². The molecule has 0 amide bonds. The second-order valence-corrected chi connectivity index (χ2v) is 4.53. The predicted molar refractivity (Wildman–Crippen MR) is 77.1 cm³/mol. The minimum absolute atomic E-state index is 0.262. The predicted octanol–water partition coefficient (Wildman–Crippen LogP) is 2.93. The van der Waals surface area contributed by atoms with Crippen molar-refractivity contribution < 1.29 is 8.78 Å². The number of alkyl halides is 2. The van der Waals surface area contributed by atoms with Crippen LogP contribution in [0.5, 0.6) is 0 Å². The van der Waals surface area contributed by atoms with Crippen molar-refractivity contribution in [3.05, 3.63) is 17.5 Å². The Hall–Kier alpha value is -1.30. The fourth-order valence-electron chi connectivity index (χ4n) is 2.11. The molecular formula is C14H24F2N4. The minimum atomic E-state index is -2.57. The number of rotatable bonds is 1. The van der Waals surface area contributed by atoms with Gasteiger partial charge in [-0.3, -0.25) is 4.90 Å². The van der Waals surface area contributed by atoms with Crippen LogP contribution in [-0.4, -0.2) is 40.9 Å².